The van der Waals surface area contributed by atoms with Crippen molar-refractivity contribution in [3.8, 4) is 5.75 Å². The van der Waals surface area contributed by atoms with Crippen LogP contribution in [0.2, 0.25) is 0 Å². The first kappa shape index (κ1) is 13.6. The van der Waals surface area contributed by atoms with E-state index in [4.69, 9.17) is 4.74 Å². The van der Waals surface area contributed by atoms with Gasteiger partial charge in [0, 0.05) is 23.5 Å². The summed E-state index contributed by atoms with van der Waals surface area (Å²) in [7, 11) is 0. The Bertz CT molecular complexity index is 581. The Balaban J connectivity index is 1.65. The molecule has 20 heavy (non-hydrogen) atoms. The third-order valence-corrected chi connectivity index (χ3v) is 4.86. The molecule has 0 saturated heterocycles. The Labute approximate surface area is 124 Å². The largest absolute Gasteiger partial charge is 0.493 e. The van der Waals surface area contributed by atoms with Gasteiger partial charge in [0.25, 0.3) is 0 Å². The van der Waals surface area contributed by atoms with Crippen LogP contribution in [0.15, 0.2) is 30.5 Å². The van der Waals surface area contributed by atoms with Crippen molar-refractivity contribution in [2.75, 3.05) is 13.2 Å². The number of nitrogens with zero attached hydrogens (tertiary/aromatic N) is 1. The van der Waals surface area contributed by atoms with Gasteiger partial charge in [-0.25, -0.2) is 4.98 Å². The van der Waals surface area contributed by atoms with Gasteiger partial charge in [0.15, 0.2) is 0 Å². The van der Waals surface area contributed by atoms with Gasteiger partial charge in [0.05, 0.1) is 12.6 Å². The topological polar surface area (TPSA) is 34.2 Å². The van der Waals surface area contributed by atoms with Gasteiger partial charge in [-0.2, -0.15) is 0 Å². The molecule has 0 fully saturated rings. The lowest BCUT2D eigenvalue weighted by molar-refractivity contribution is 0.263. The van der Waals surface area contributed by atoms with Gasteiger partial charge in [-0.3, -0.25) is 0 Å². The average molecular weight is 288 g/mol. The van der Waals surface area contributed by atoms with Crippen LogP contribution in [-0.4, -0.2) is 18.1 Å². The number of hydrogen-bond donors (Lipinski definition) is 1. The summed E-state index contributed by atoms with van der Waals surface area (Å²) in [5.74, 6) is 1.58. The predicted octanol–water partition coefficient (Wildman–Crippen LogP) is 3.67. The van der Waals surface area contributed by atoms with Crippen molar-refractivity contribution in [1.29, 1.82) is 0 Å². The number of para-hydroxylation sites is 1. The fourth-order valence-corrected chi connectivity index (χ4v) is 3.41. The third-order valence-electron chi connectivity index (χ3n) is 3.76. The summed E-state index contributed by atoms with van der Waals surface area (Å²) < 4.78 is 5.71. The summed E-state index contributed by atoms with van der Waals surface area (Å²) in [5.41, 5.74) is 1.33. The molecular formula is C16H20N2OS. The fourth-order valence-electron chi connectivity index (χ4n) is 2.61. The second-order valence-electron chi connectivity index (χ2n) is 5.31. The fraction of sp³-hybridized carbons (Fsp3) is 0.438. The maximum Gasteiger partial charge on any atom is 0.122 e. The molecule has 1 aromatic heterocycles. The van der Waals surface area contributed by atoms with Crippen LogP contribution in [0.25, 0.3) is 0 Å². The maximum atomic E-state index is 5.71. The van der Waals surface area contributed by atoms with E-state index < -0.39 is 0 Å². The molecule has 3 rings (SSSR count). The molecule has 2 atom stereocenters. The first-order valence-corrected chi connectivity index (χ1v) is 7.93. The van der Waals surface area contributed by atoms with Crippen LogP contribution in [0.5, 0.6) is 5.75 Å². The van der Waals surface area contributed by atoms with Crippen molar-refractivity contribution in [3.05, 3.63) is 45.9 Å². The minimum absolute atomic E-state index is 0.309. The van der Waals surface area contributed by atoms with Crippen LogP contribution in [0.4, 0.5) is 0 Å². The SMILES string of the molecule is Cc1cnc(C(C)NCC2CCOc3ccccc32)s1. The van der Waals surface area contributed by atoms with Crippen LogP contribution >= 0.6 is 11.3 Å². The van der Waals surface area contributed by atoms with Gasteiger partial charge in [-0.05, 0) is 31.9 Å². The summed E-state index contributed by atoms with van der Waals surface area (Å²) in [6.45, 7) is 6.07. The standard InChI is InChI=1S/C16H20N2OS/c1-11-9-18-16(20-11)12(2)17-10-13-7-8-19-15-6-4-3-5-14(13)15/h3-6,9,12-13,17H,7-8,10H2,1-2H3. The molecule has 3 nitrogen and oxygen atoms in total. The number of thiazole rings is 1. The van der Waals surface area contributed by atoms with Gasteiger partial charge in [-0.15, -0.1) is 11.3 Å². The summed E-state index contributed by atoms with van der Waals surface area (Å²) in [6.07, 6.45) is 3.02. The minimum Gasteiger partial charge on any atom is -0.493 e. The quantitative estimate of drug-likeness (QED) is 0.932. The molecule has 0 spiro atoms. The molecule has 0 amide bonds. The third kappa shape index (κ3) is 2.86. The average Bonchev–Trinajstić information content (AvgIpc) is 2.91. The van der Waals surface area contributed by atoms with E-state index in [1.165, 1.54) is 15.4 Å². The van der Waals surface area contributed by atoms with Crippen LogP contribution in [0, 0.1) is 6.92 Å². The Morgan fingerprint density at radius 2 is 2.30 bits per heavy atom. The van der Waals surface area contributed by atoms with Crippen LogP contribution in [0.1, 0.15) is 40.8 Å². The van der Waals surface area contributed by atoms with Crippen molar-refractivity contribution in [2.45, 2.75) is 32.2 Å². The van der Waals surface area contributed by atoms with E-state index in [1.54, 1.807) is 11.3 Å². The molecule has 0 aliphatic carbocycles. The maximum absolute atomic E-state index is 5.71. The second kappa shape index (κ2) is 5.94. The first-order valence-electron chi connectivity index (χ1n) is 7.11. The molecule has 0 radical (unpaired) electrons. The molecule has 1 aliphatic heterocycles. The van der Waals surface area contributed by atoms with Gasteiger partial charge >= 0.3 is 0 Å². The monoisotopic (exact) mass is 288 g/mol. The number of aromatic nitrogens is 1. The zero-order valence-corrected chi connectivity index (χ0v) is 12.7. The van der Waals surface area contributed by atoms with E-state index >= 15 is 0 Å². The van der Waals surface area contributed by atoms with Gasteiger partial charge in [-0.1, -0.05) is 18.2 Å². The Kier molecular flexibility index (Phi) is 4.03. The second-order valence-corrected chi connectivity index (χ2v) is 6.58. The normalized spacial score (nSPS) is 19.2. The highest BCUT2D eigenvalue weighted by Gasteiger charge is 2.21. The molecule has 1 aliphatic rings. The van der Waals surface area contributed by atoms with Crippen molar-refractivity contribution >= 4 is 11.3 Å². The molecule has 2 heterocycles. The van der Waals surface area contributed by atoms with Gasteiger partial charge < -0.3 is 10.1 Å². The van der Waals surface area contributed by atoms with Gasteiger partial charge in [0.2, 0.25) is 0 Å². The van der Waals surface area contributed by atoms with Crippen molar-refractivity contribution in [3.63, 3.8) is 0 Å². The Morgan fingerprint density at radius 3 is 3.10 bits per heavy atom. The molecule has 4 heteroatoms. The molecule has 2 aromatic rings. The number of benzene rings is 1. The summed E-state index contributed by atoms with van der Waals surface area (Å²) in [5, 5.41) is 4.78. The van der Waals surface area contributed by atoms with Crippen molar-refractivity contribution < 1.29 is 4.74 Å². The zero-order valence-electron chi connectivity index (χ0n) is 11.9. The summed E-state index contributed by atoms with van der Waals surface area (Å²) in [6, 6.07) is 8.68. The Morgan fingerprint density at radius 1 is 1.45 bits per heavy atom. The number of aryl methyl sites for hydroxylation is 1. The highest BCUT2D eigenvalue weighted by Crippen LogP contribution is 2.33. The van der Waals surface area contributed by atoms with Crippen LogP contribution < -0.4 is 10.1 Å². The van der Waals surface area contributed by atoms with E-state index in [0.29, 0.717) is 12.0 Å². The van der Waals surface area contributed by atoms with Crippen molar-refractivity contribution in [1.82, 2.24) is 10.3 Å². The smallest absolute Gasteiger partial charge is 0.122 e. The van der Waals surface area contributed by atoms with E-state index in [-0.39, 0.29) is 0 Å². The molecule has 1 N–H and O–H groups in total. The van der Waals surface area contributed by atoms with Crippen LogP contribution in [-0.2, 0) is 0 Å². The molecule has 2 unspecified atom stereocenters. The summed E-state index contributed by atoms with van der Waals surface area (Å²) in [4.78, 5) is 5.72. The lowest BCUT2D eigenvalue weighted by Gasteiger charge is -2.27. The van der Waals surface area contributed by atoms with E-state index in [9.17, 15) is 0 Å². The summed E-state index contributed by atoms with van der Waals surface area (Å²) >= 11 is 1.77. The predicted molar refractivity (Wildman–Crippen MR) is 82.6 cm³/mol. The molecular weight excluding hydrogens is 268 g/mol. The highest BCUT2D eigenvalue weighted by molar-refractivity contribution is 7.11. The molecule has 0 saturated carbocycles. The van der Waals surface area contributed by atoms with Crippen molar-refractivity contribution in [2.24, 2.45) is 0 Å². The van der Waals surface area contributed by atoms with Gasteiger partial charge in [0.1, 0.15) is 10.8 Å². The number of ether oxygens (including phenoxy) is 1. The highest BCUT2D eigenvalue weighted by atomic mass is 32.1. The first-order chi connectivity index (χ1) is 9.74. The Hall–Kier alpha value is -1.39. The lowest BCUT2D eigenvalue weighted by atomic mass is 9.93. The van der Waals surface area contributed by atoms with Crippen LogP contribution in [0.3, 0.4) is 0 Å². The van der Waals surface area contributed by atoms with E-state index in [2.05, 4.69) is 42.3 Å². The number of nitrogens with one attached hydrogen (secondary N) is 1. The lowest BCUT2D eigenvalue weighted by Crippen LogP contribution is -2.27. The molecule has 1 aromatic carbocycles. The number of hydrogen-bond acceptors (Lipinski definition) is 4. The molecule has 106 valence electrons. The van der Waals surface area contributed by atoms with E-state index in [0.717, 1.165) is 25.3 Å². The minimum atomic E-state index is 0.309. The number of rotatable bonds is 4. The number of fused-ring (bicyclic) bond motifs is 1. The molecule has 0 bridgehead atoms. The van der Waals surface area contributed by atoms with E-state index in [1.807, 2.05) is 12.3 Å². The zero-order chi connectivity index (χ0) is 13.9.